The molecule has 0 aromatic heterocycles. The topological polar surface area (TPSA) is 18.8 Å². The highest BCUT2D eigenvalue weighted by atomic mass is 127. The number of halogens is 1. The lowest BCUT2D eigenvalue weighted by Crippen LogP contribution is -2.48. The van der Waals surface area contributed by atoms with Gasteiger partial charge in [-0.3, -0.25) is 4.99 Å². The van der Waals surface area contributed by atoms with Gasteiger partial charge >= 0.3 is 0 Å². The maximum atomic E-state index is 4.60. The molecule has 1 aliphatic rings. The molecule has 1 unspecified atom stereocenters. The summed E-state index contributed by atoms with van der Waals surface area (Å²) < 4.78 is 0. The van der Waals surface area contributed by atoms with Crippen molar-refractivity contribution in [2.45, 2.75) is 26.0 Å². The van der Waals surface area contributed by atoms with E-state index in [2.05, 4.69) is 61.4 Å². The molecule has 1 fully saturated rings. The summed E-state index contributed by atoms with van der Waals surface area (Å²) in [5.74, 6) is 3.12. The van der Waals surface area contributed by atoms with Gasteiger partial charge in [0.25, 0.3) is 0 Å². The molecule has 3 nitrogen and oxygen atoms in total. The van der Waals surface area contributed by atoms with Crippen LogP contribution < -0.4 is 0 Å². The molecule has 1 aliphatic heterocycles. The maximum Gasteiger partial charge on any atom is 0.196 e. The molecule has 0 bridgehead atoms. The second kappa shape index (κ2) is 8.45. The van der Waals surface area contributed by atoms with Gasteiger partial charge in [-0.2, -0.15) is 11.8 Å². The van der Waals surface area contributed by atoms with Gasteiger partial charge in [-0.05, 0) is 12.8 Å². The lowest BCUT2D eigenvalue weighted by Gasteiger charge is -2.38. The van der Waals surface area contributed by atoms with Crippen LogP contribution in [-0.4, -0.2) is 60.5 Å². The number of nitrogens with zero attached hydrogens (tertiary/aromatic N) is 3. The van der Waals surface area contributed by atoms with Crippen molar-refractivity contribution in [1.82, 2.24) is 9.80 Å². The van der Waals surface area contributed by atoms with Gasteiger partial charge in [0.2, 0.25) is 0 Å². The van der Waals surface area contributed by atoms with Gasteiger partial charge in [0, 0.05) is 44.7 Å². The third-order valence-corrected chi connectivity index (χ3v) is 4.36. The van der Waals surface area contributed by atoms with Crippen LogP contribution >= 0.6 is 35.7 Å². The van der Waals surface area contributed by atoms with Gasteiger partial charge in [0.05, 0.1) is 0 Å². The highest BCUT2D eigenvalue weighted by Crippen LogP contribution is 2.25. The smallest absolute Gasteiger partial charge is 0.196 e. The summed E-state index contributed by atoms with van der Waals surface area (Å²) in [7, 11) is 4.17. The highest BCUT2D eigenvalue weighted by Gasteiger charge is 2.25. The fourth-order valence-electron chi connectivity index (χ4n) is 1.93. The lowest BCUT2D eigenvalue weighted by molar-refractivity contribution is 0.350. The quantitative estimate of drug-likeness (QED) is 0.423. The van der Waals surface area contributed by atoms with Crippen LogP contribution in [-0.2, 0) is 0 Å². The van der Waals surface area contributed by atoms with Gasteiger partial charge in [-0.25, -0.2) is 0 Å². The first-order valence-corrected chi connectivity index (χ1v) is 7.19. The van der Waals surface area contributed by atoms with Gasteiger partial charge in [-0.1, -0.05) is 13.8 Å². The lowest BCUT2D eigenvalue weighted by atomic mass is 10.1. The molecule has 1 saturated heterocycles. The summed E-state index contributed by atoms with van der Waals surface area (Å²) in [6, 6.07) is 0. The minimum atomic E-state index is 0. The minimum Gasteiger partial charge on any atom is -0.349 e. The number of aliphatic imine (C=N–C) groups is 1. The van der Waals surface area contributed by atoms with Crippen molar-refractivity contribution in [3.05, 3.63) is 0 Å². The van der Waals surface area contributed by atoms with Crippen LogP contribution in [0.15, 0.2) is 4.99 Å². The van der Waals surface area contributed by atoms with Crippen molar-refractivity contribution < 1.29 is 0 Å². The van der Waals surface area contributed by atoms with Crippen molar-refractivity contribution in [1.29, 1.82) is 0 Å². The molecule has 0 N–H and O–H groups in total. The molecule has 1 atom stereocenters. The van der Waals surface area contributed by atoms with E-state index in [0.717, 1.165) is 36.8 Å². The Morgan fingerprint density at radius 3 is 2.59 bits per heavy atom. The van der Waals surface area contributed by atoms with Crippen molar-refractivity contribution in [2.24, 2.45) is 10.9 Å². The van der Waals surface area contributed by atoms with E-state index < -0.39 is 0 Å². The van der Waals surface area contributed by atoms with Gasteiger partial charge in [0.1, 0.15) is 0 Å². The van der Waals surface area contributed by atoms with Crippen molar-refractivity contribution in [3.8, 4) is 0 Å². The summed E-state index contributed by atoms with van der Waals surface area (Å²) in [6.07, 6.45) is 0. The zero-order valence-electron chi connectivity index (χ0n) is 11.6. The molecule has 1 rings (SSSR count). The number of hydrogen-bond acceptors (Lipinski definition) is 2. The summed E-state index contributed by atoms with van der Waals surface area (Å²) in [5, 5.41) is 0.746. The Kier molecular flexibility index (Phi) is 8.63. The number of rotatable bonds is 2. The van der Waals surface area contributed by atoms with E-state index in [1.165, 1.54) is 5.75 Å². The summed E-state index contributed by atoms with van der Waals surface area (Å²) in [4.78, 5) is 9.17. The molecule has 5 heteroatoms. The number of guanidine groups is 1. The van der Waals surface area contributed by atoms with Crippen LogP contribution in [0.2, 0.25) is 0 Å². The van der Waals surface area contributed by atoms with Crippen LogP contribution in [0.1, 0.15) is 20.8 Å². The van der Waals surface area contributed by atoms with E-state index in [1.807, 2.05) is 0 Å². The average Bonchev–Trinajstić information content (AvgIpc) is 2.25. The summed E-state index contributed by atoms with van der Waals surface area (Å²) in [6.45, 7) is 9.86. The van der Waals surface area contributed by atoms with Crippen molar-refractivity contribution >= 4 is 41.7 Å². The zero-order chi connectivity index (χ0) is 12.1. The normalized spacial score (nSPS) is 21.4. The Balaban J connectivity index is 0.00000256. The monoisotopic (exact) mass is 371 g/mol. The number of hydrogen-bond donors (Lipinski definition) is 0. The Morgan fingerprint density at radius 1 is 1.47 bits per heavy atom. The van der Waals surface area contributed by atoms with E-state index in [1.54, 1.807) is 0 Å². The molecule has 0 aromatic carbocycles. The SMILES string of the molecule is CCN=C(N(C)C)N1CCSC(C(C)C)C1.I. The van der Waals surface area contributed by atoms with Gasteiger partial charge in [-0.15, -0.1) is 24.0 Å². The first-order valence-electron chi connectivity index (χ1n) is 6.14. The van der Waals surface area contributed by atoms with Crippen molar-refractivity contribution in [3.63, 3.8) is 0 Å². The van der Waals surface area contributed by atoms with Crippen LogP contribution in [0.3, 0.4) is 0 Å². The molecule has 1 heterocycles. The van der Waals surface area contributed by atoms with Crippen LogP contribution in [0.5, 0.6) is 0 Å². The Morgan fingerprint density at radius 2 is 2.12 bits per heavy atom. The standard InChI is InChI=1S/C12H25N3S.HI/c1-6-13-12(14(4)5)15-7-8-16-11(9-15)10(2)3;/h10-11H,6-9H2,1-5H3;1H. The minimum absolute atomic E-state index is 0. The molecule has 0 aliphatic carbocycles. The Labute approximate surface area is 127 Å². The van der Waals surface area contributed by atoms with Crippen LogP contribution in [0.4, 0.5) is 0 Å². The molecule has 0 saturated carbocycles. The molecular formula is C12H26IN3S. The predicted octanol–water partition coefficient (Wildman–Crippen LogP) is 2.62. The fourth-order valence-corrected chi connectivity index (χ4v) is 3.22. The largest absolute Gasteiger partial charge is 0.349 e. The molecule has 0 aromatic rings. The highest BCUT2D eigenvalue weighted by molar-refractivity contribution is 14.0. The van der Waals surface area contributed by atoms with Gasteiger partial charge < -0.3 is 9.80 Å². The molecule has 102 valence electrons. The van der Waals surface area contributed by atoms with E-state index in [-0.39, 0.29) is 24.0 Å². The zero-order valence-corrected chi connectivity index (χ0v) is 14.8. The predicted molar refractivity (Wildman–Crippen MR) is 89.7 cm³/mol. The van der Waals surface area contributed by atoms with E-state index in [4.69, 9.17) is 0 Å². The Hall–Kier alpha value is 0.350. The first-order chi connectivity index (χ1) is 7.56. The third-order valence-electron chi connectivity index (χ3n) is 2.82. The van der Waals surface area contributed by atoms with E-state index >= 15 is 0 Å². The van der Waals surface area contributed by atoms with Crippen LogP contribution in [0.25, 0.3) is 0 Å². The molecule has 0 radical (unpaired) electrons. The second-order valence-electron chi connectivity index (χ2n) is 4.77. The average molecular weight is 371 g/mol. The second-order valence-corrected chi connectivity index (χ2v) is 6.12. The molecule has 0 spiro atoms. The maximum absolute atomic E-state index is 4.60. The van der Waals surface area contributed by atoms with E-state index in [0.29, 0.717) is 0 Å². The van der Waals surface area contributed by atoms with E-state index in [9.17, 15) is 0 Å². The summed E-state index contributed by atoms with van der Waals surface area (Å²) in [5.41, 5.74) is 0. The van der Waals surface area contributed by atoms with Crippen molar-refractivity contribution in [2.75, 3.05) is 39.5 Å². The first kappa shape index (κ1) is 17.4. The van der Waals surface area contributed by atoms with Crippen LogP contribution in [0, 0.1) is 5.92 Å². The third kappa shape index (κ3) is 5.24. The Bertz CT molecular complexity index is 244. The molecular weight excluding hydrogens is 345 g/mol. The number of thioether (sulfide) groups is 1. The van der Waals surface area contributed by atoms with Gasteiger partial charge in [0.15, 0.2) is 5.96 Å². The summed E-state index contributed by atoms with van der Waals surface area (Å²) >= 11 is 2.11. The fraction of sp³-hybridized carbons (Fsp3) is 0.917. The molecule has 0 amide bonds. The molecule has 17 heavy (non-hydrogen) atoms.